The highest BCUT2D eigenvalue weighted by molar-refractivity contribution is 9.10. The molecule has 2 N–H and O–H groups in total. The van der Waals surface area contributed by atoms with E-state index in [0.29, 0.717) is 0 Å². The summed E-state index contributed by atoms with van der Waals surface area (Å²) in [7, 11) is 0. The van der Waals surface area contributed by atoms with Crippen molar-refractivity contribution in [3.63, 3.8) is 0 Å². The molecule has 2 unspecified atom stereocenters. The molecule has 2 aliphatic rings. The Hall–Kier alpha value is -1.89. The van der Waals surface area contributed by atoms with Gasteiger partial charge in [0.05, 0.1) is 12.1 Å². The predicted molar refractivity (Wildman–Crippen MR) is 88.9 cm³/mol. The minimum absolute atomic E-state index is 0.0605. The van der Waals surface area contributed by atoms with Crippen LogP contribution in [0.3, 0.4) is 0 Å². The third-order valence-electron chi connectivity index (χ3n) is 4.64. The van der Waals surface area contributed by atoms with Crippen LogP contribution in [0.1, 0.15) is 48.3 Å². The lowest BCUT2D eigenvalue weighted by atomic mass is 10.1. The Labute approximate surface area is 142 Å². The lowest BCUT2D eigenvalue weighted by Crippen LogP contribution is -2.41. The first-order valence-electron chi connectivity index (χ1n) is 7.94. The lowest BCUT2D eigenvalue weighted by molar-refractivity contribution is 0.229. The fraction of sp³-hybridized carbons (Fsp3) is 0.438. The summed E-state index contributed by atoms with van der Waals surface area (Å²) in [6, 6.07) is 6.04. The molecule has 0 radical (unpaired) electrons. The van der Waals surface area contributed by atoms with Crippen molar-refractivity contribution >= 4 is 22.0 Å². The van der Waals surface area contributed by atoms with E-state index in [9.17, 15) is 4.79 Å². The van der Waals surface area contributed by atoms with Gasteiger partial charge in [0.25, 0.3) is 0 Å². The number of carbonyl (C=O) groups excluding carboxylic acids is 1. The van der Waals surface area contributed by atoms with Crippen LogP contribution in [0.5, 0.6) is 0 Å². The van der Waals surface area contributed by atoms with Gasteiger partial charge in [0.15, 0.2) is 0 Å². The lowest BCUT2D eigenvalue weighted by Gasteiger charge is -2.24. The molecule has 2 aromatic rings. The average molecular weight is 376 g/mol. The van der Waals surface area contributed by atoms with Gasteiger partial charge < -0.3 is 10.6 Å². The molecule has 4 rings (SSSR count). The third kappa shape index (κ3) is 2.73. The number of amides is 2. The molecular formula is C16H18BrN5O. The Morgan fingerprint density at radius 3 is 3.04 bits per heavy atom. The predicted octanol–water partition coefficient (Wildman–Crippen LogP) is 2.86. The summed E-state index contributed by atoms with van der Waals surface area (Å²) >= 11 is 3.59. The summed E-state index contributed by atoms with van der Waals surface area (Å²) in [6.07, 6.45) is 5.38. The first-order valence-corrected chi connectivity index (χ1v) is 8.73. The zero-order chi connectivity index (χ0) is 15.8. The van der Waals surface area contributed by atoms with Crippen LogP contribution >= 0.6 is 15.9 Å². The van der Waals surface area contributed by atoms with E-state index >= 15 is 0 Å². The molecule has 0 saturated carbocycles. The Kier molecular flexibility index (Phi) is 3.80. The molecule has 1 aromatic carbocycles. The number of halogens is 1. The molecule has 7 heteroatoms. The number of hydrogen-bond donors (Lipinski definition) is 2. The van der Waals surface area contributed by atoms with Gasteiger partial charge >= 0.3 is 6.03 Å². The minimum Gasteiger partial charge on any atom is -0.331 e. The number of carbonyl (C=O) groups is 1. The molecule has 1 aliphatic heterocycles. The molecule has 2 atom stereocenters. The molecule has 2 amide bonds. The maximum absolute atomic E-state index is 12.4. The second-order valence-corrected chi connectivity index (χ2v) is 6.91. The van der Waals surface area contributed by atoms with Gasteiger partial charge in [-0.05, 0) is 42.9 Å². The van der Waals surface area contributed by atoms with Crippen LogP contribution in [0.2, 0.25) is 0 Å². The second kappa shape index (κ2) is 5.96. The van der Waals surface area contributed by atoms with Crippen LogP contribution in [-0.4, -0.2) is 20.8 Å². The van der Waals surface area contributed by atoms with Crippen LogP contribution in [-0.2, 0) is 13.0 Å². The monoisotopic (exact) mass is 375 g/mol. The fourth-order valence-corrected chi connectivity index (χ4v) is 4.12. The third-order valence-corrected chi connectivity index (χ3v) is 5.39. The van der Waals surface area contributed by atoms with Gasteiger partial charge in [0.2, 0.25) is 0 Å². The largest absolute Gasteiger partial charge is 0.331 e. The number of fused-ring (bicyclic) bond motifs is 2. The maximum atomic E-state index is 12.4. The van der Waals surface area contributed by atoms with Crippen molar-refractivity contribution in [1.82, 2.24) is 25.4 Å². The molecule has 0 spiro atoms. The normalized spacial score (nSPS) is 22.3. The highest BCUT2D eigenvalue weighted by Crippen LogP contribution is 2.35. The smallest absolute Gasteiger partial charge is 0.315 e. The number of aromatic nitrogens is 3. The number of urea groups is 1. The Morgan fingerprint density at radius 2 is 2.13 bits per heavy atom. The molecule has 23 heavy (non-hydrogen) atoms. The summed E-state index contributed by atoms with van der Waals surface area (Å²) < 4.78 is 3.00. The molecule has 0 bridgehead atoms. The highest BCUT2D eigenvalue weighted by Gasteiger charge is 2.28. The summed E-state index contributed by atoms with van der Waals surface area (Å²) in [5, 5.41) is 10.3. The van der Waals surface area contributed by atoms with Crippen LogP contribution < -0.4 is 10.6 Å². The average Bonchev–Trinajstić information content (AvgIpc) is 3.16. The summed E-state index contributed by atoms with van der Waals surface area (Å²) in [5.74, 6) is 0.848. The van der Waals surface area contributed by atoms with E-state index in [1.807, 2.05) is 10.7 Å². The number of nitrogens with one attached hydrogen (secondary N) is 2. The first-order chi connectivity index (χ1) is 11.2. The van der Waals surface area contributed by atoms with E-state index in [1.165, 1.54) is 11.1 Å². The van der Waals surface area contributed by atoms with Gasteiger partial charge in [-0.3, -0.25) is 0 Å². The van der Waals surface area contributed by atoms with E-state index < -0.39 is 0 Å². The molecule has 1 aliphatic carbocycles. The SMILES string of the molecule is O=C(NC1CCc2c(Br)cccc21)NC1CCCn2ncnc21. The number of aryl methyl sites for hydroxylation is 1. The molecule has 6 nitrogen and oxygen atoms in total. The molecular weight excluding hydrogens is 358 g/mol. The molecule has 1 aromatic heterocycles. The van der Waals surface area contributed by atoms with Gasteiger partial charge in [-0.2, -0.15) is 5.10 Å². The van der Waals surface area contributed by atoms with E-state index in [2.05, 4.69) is 48.8 Å². The van der Waals surface area contributed by atoms with Crippen LogP contribution in [0.4, 0.5) is 4.79 Å². The van der Waals surface area contributed by atoms with Crippen molar-refractivity contribution in [3.8, 4) is 0 Å². The summed E-state index contributed by atoms with van der Waals surface area (Å²) in [4.78, 5) is 16.7. The number of rotatable bonds is 2. The van der Waals surface area contributed by atoms with Crippen molar-refractivity contribution in [1.29, 1.82) is 0 Å². The maximum Gasteiger partial charge on any atom is 0.315 e. The number of hydrogen-bond acceptors (Lipinski definition) is 3. The van der Waals surface area contributed by atoms with E-state index in [-0.39, 0.29) is 18.1 Å². The Balaban J connectivity index is 1.44. The number of nitrogens with zero attached hydrogens (tertiary/aromatic N) is 3. The van der Waals surface area contributed by atoms with Crippen molar-refractivity contribution < 1.29 is 4.79 Å². The highest BCUT2D eigenvalue weighted by atomic mass is 79.9. The summed E-state index contributed by atoms with van der Waals surface area (Å²) in [5.41, 5.74) is 2.51. The summed E-state index contributed by atoms with van der Waals surface area (Å²) in [6.45, 7) is 0.874. The van der Waals surface area contributed by atoms with Gasteiger partial charge in [0, 0.05) is 11.0 Å². The zero-order valence-corrected chi connectivity index (χ0v) is 14.2. The Bertz CT molecular complexity index is 744. The standard InChI is InChI=1S/C16H18BrN5O/c17-12-4-1-3-11-10(12)6-7-13(11)20-16(23)21-14-5-2-8-22-15(14)18-9-19-22/h1,3-4,9,13-14H,2,5-8H2,(H2,20,21,23). The van der Waals surface area contributed by atoms with Gasteiger partial charge in [-0.25, -0.2) is 14.5 Å². The van der Waals surface area contributed by atoms with Crippen molar-refractivity contribution in [2.75, 3.05) is 0 Å². The molecule has 0 saturated heterocycles. The quantitative estimate of drug-likeness (QED) is 0.847. The van der Waals surface area contributed by atoms with E-state index in [1.54, 1.807) is 6.33 Å². The molecule has 120 valence electrons. The van der Waals surface area contributed by atoms with Crippen LogP contribution in [0.15, 0.2) is 29.0 Å². The van der Waals surface area contributed by atoms with Gasteiger partial charge in [-0.15, -0.1) is 0 Å². The van der Waals surface area contributed by atoms with E-state index in [0.717, 1.165) is 42.5 Å². The van der Waals surface area contributed by atoms with Gasteiger partial charge in [0.1, 0.15) is 12.2 Å². The number of benzene rings is 1. The Morgan fingerprint density at radius 1 is 1.26 bits per heavy atom. The molecule has 2 heterocycles. The van der Waals surface area contributed by atoms with Crippen LogP contribution in [0.25, 0.3) is 0 Å². The fourth-order valence-electron chi connectivity index (χ4n) is 3.54. The second-order valence-electron chi connectivity index (χ2n) is 6.05. The zero-order valence-electron chi connectivity index (χ0n) is 12.6. The first kappa shape index (κ1) is 14.7. The van der Waals surface area contributed by atoms with Crippen molar-refractivity contribution in [2.24, 2.45) is 0 Å². The van der Waals surface area contributed by atoms with Crippen molar-refractivity contribution in [2.45, 2.75) is 44.3 Å². The van der Waals surface area contributed by atoms with E-state index in [4.69, 9.17) is 0 Å². The topological polar surface area (TPSA) is 71.8 Å². The van der Waals surface area contributed by atoms with Crippen molar-refractivity contribution in [3.05, 3.63) is 46.0 Å². The van der Waals surface area contributed by atoms with Crippen LogP contribution in [0, 0.1) is 0 Å². The minimum atomic E-state index is -0.135. The van der Waals surface area contributed by atoms with Gasteiger partial charge in [-0.1, -0.05) is 28.1 Å². The molecule has 0 fully saturated rings.